The molecule has 0 spiro atoms. The molecule has 94 valence electrons. The lowest BCUT2D eigenvalue weighted by Gasteiger charge is -2.06. The van der Waals surface area contributed by atoms with Crippen LogP contribution < -0.4 is 0 Å². The first-order valence-corrected chi connectivity index (χ1v) is 6.36. The Morgan fingerprint density at radius 1 is 1.26 bits per heavy atom. The monoisotopic (exact) mass is 288 g/mol. The highest BCUT2D eigenvalue weighted by atomic mass is 35.5. The second-order valence-corrected chi connectivity index (χ2v) is 4.79. The van der Waals surface area contributed by atoms with E-state index in [1.807, 2.05) is 19.1 Å². The van der Waals surface area contributed by atoms with E-state index in [1.165, 1.54) is 0 Å². The predicted molar refractivity (Wildman–Crippen MR) is 78.7 cm³/mol. The molecule has 2 nitrogen and oxygen atoms in total. The average molecular weight is 289 g/mol. The van der Waals surface area contributed by atoms with E-state index in [0.717, 1.165) is 11.1 Å². The first-order chi connectivity index (χ1) is 9.13. The number of allylic oxidation sites excluding steroid dienone is 1. The van der Waals surface area contributed by atoms with Crippen LogP contribution in [0.2, 0.25) is 5.02 Å². The lowest BCUT2D eigenvalue weighted by atomic mass is 10.0. The molecule has 0 saturated heterocycles. The zero-order valence-electron chi connectivity index (χ0n) is 10.2. The average Bonchev–Trinajstić information content (AvgIpc) is 2.44. The number of pyridine rings is 1. The Kier molecular flexibility index (Phi) is 4.21. The van der Waals surface area contributed by atoms with Gasteiger partial charge in [0.2, 0.25) is 0 Å². The van der Waals surface area contributed by atoms with Gasteiger partial charge in [-0.2, -0.15) is 5.26 Å². The minimum Gasteiger partial charge on any atom is -0.264 e. The molecule has 0 unspecified atom stereocenters. The van der Waals surface area contributed by atoms with Gasteiger partial charge in [0, 0.05) is 23.0 Å². The zero-order valence-corrected chi connectivity index (χ0v) is 11.7. The molecule has 1 aromatic carbocycles. The number of rotatable bonds is 2. The Balaban J connectivity index is 2.56. The van der Waals surface area contributed by atoms with E-state index in [4.69, 9.17) is 23.2 Å². The zero-order chi connectivity index (χ0) is 13.8. The quantitative estimate of drug-likeness (QED) is 0.753. The summed E-state index contributed by atoms with van der Waals surface area (Å²) in [6.07, 6.45) is 3.26. The summed E-state index contributed by atoms with van der Waals surface area (Å²) in [5.74, 6) is 0. The summed E-state index contributed by atoms with van der Waals surface area (Å²) in [6, 6.07) is 11.1. The molecule has 0 aliphatic heterocycles. The van der Waals surface area contributed by atoms with Gasteiger partial charge in [0.15, 0.2) is 0 Å². The number of hydrogen-bond acceptors (Lipinski definition) is 2. The van der Waals surface area contributed by atoms with Gasteiger partial charge in [-0.05, 0) is 30.2 Å². The van der Waals surface area contributed by atoms with Crippen molar-refractivity contribution in [1.29, 1.82) is 5.26 Å². The van der Waals surface area contributed by atoms with Crippen molar-refractivity contribution in [3.63, 3.8) is 0 Å². The summed E-state index contributed by atoms with van der Waals surface area (Å²) in [4.78, 5) is 3.99. The number of halogens is 2. The van der Waals surface area contributed by atoms with Crippen molar-refractivity contribution in [3.8, 4) is 6.07 Å². The maximum absolute atomic E-state index is 9.28. The van der Waals surface area contributed by atoms with E-state index < -0.39 is 0 Å². The van der Waals surface area contributed by atoms with E-state index in [0.29, 0.717) is 21.2 Å². The Bertz CT molecular complexity index is 670. The molecule has 1 aromatic heterocycles. The van der Waals surface area contributed by atoms with Gasteiger partial charge >= 0.3 is 0 Å². The molecule has 0 aliphatic rings. The molecule has 0 aliphatic carbocycles. The lowest BCUT2D eigenvalue weighted by Crippen LogP contribution is -1.88. The van der Waals surface area contributed by atoms with Gasteiger partial charge in [0.1, 0.15) is 6.07 Å². The van der Waals surface area contributed by atoms with Gasteiger partial charge < -0.3 is 0 Å². The van der Waals surface area contributed by atoms with Crippen LogP contribution in [0.25, 0.3) is 10.6 Å². The Hall–Kier alpha value is -1.82. The van der Waals surface area contributed by atoms with Crippen molar-refractivity contribution in [2.75, 3.05) is 0 Å². The van der Waals surface area contributed by atoms with E-state index in [2.05, 4.69) is 11.1 Å². The van der Waals surface area contributed by atoms with Gasteiger partial charge in [-0.15, -0.1) is 0 Å². The first-order valence-electron chi connectivity index (χ1n) is 5.60. The Labute approximate surface area is 121 Å². The van der Waals surface area contributed by atoms with Crippen molar-refractivity contribution in [2.24, 2.45) is 0 Å². The van der Waals surface area contributed by atoms with Crippen molar-refractivity contribution < 1.29 is 0 Å². The highest BCUT2D eigenvalue weighted by Gasteiger charge is 2.10. The van der Waals surface area contributed by atoms with Gasteiger partial charge in [-0.3, -0.25) is 4.98 Å². The molecule has 0 fully saturated rings. The van der Waals surface area contributed by atoms with Gasteiger partial charge in [0.05, 0.1) is 10.6 Å². The molecule has 1 heterocycles. The third-order valence-electron chi connectivity index (χ3n) is 2.71. The number of aromatic nitrogens is 1. The SMILES string of the molecule is Cc1ccc(/C(Cl)=C(/C#N)c2cccnc2)cc1Cl. The number of benzene rings is 1. The molecule has 2 rings (SSSR count). The van der Waals surface area contributed by atoms with Crippen molar-refractivity contribution >= 4 is 33.8 Å². The van der Waals surface area contributed by atoms with Crippen LogP contribution in [0.1, 0.15) is 16.7 Å². The van der Waals surface area contributed by atoms with Crippen LogP contribution in [0.3, 0.4) is 0 Å². The standard InChI is InChI=1S/C15H10Cl2N2/c1-10-4-5-11(7-14(10)16)15(17)13(8-18)12-3-2-6-19-9-12/h2-7,9H,1H3/b15-13+. The molecule has 0 bridgehead atoms. The Morgan fingerprint density at radius 3 is 2.63 bits per heavy atom. The number of hydrogen-bond donors (Lipinski definition) is 0. The van der Waals surface area contributed by atoms with E-state index in [1.54, 1.807) is 30.6 Å². The van der Waals surface area contributed by atoms with Crippen LogP contribution in [-0.2, 0) is 0 Å². The fourth-order valence-electron chi connectivity index (χ4n) is 1.62. The molecule has 0 radical (unpaired) electrons. The number of nitrogens with zero attached hydrogens (tertiary/aromatic N) is 2. The van der Waals surface area contributed by atoms with Crippen LogP contribution in [0.15, 0.2) is 42.7 Å². The van der Waals surface area contributed by atoms with Crippen LogP contribution in [0.4, 0.5) is 0 Å². The van der Waals surface area contributed by atoms with E-state index in [9.17, 15) is 5.26 Å². The van der Waals surface area contributed by atoms with E-state index >= 15 is 0 Å². The minimum absolute atomic E-state index is 0.373. The van der Waals surface area contributed by atoms with Crippen LogP contribution in [0.5, 0.6) is 0 Å². The normalized spacial score (nSPS) is 11.7. The molecule has 2 aromatic rings. The third-order valence-corrected chi connectivity index (χ3v) is 3.52. The fraction of sp³-hybridized carbons (Fsp3) is 0.0667. The smallest absolute Gasteiger partial charge is 0.101 e. The molecule has 0 saturated carbocycles. The maximum atomic E-state index is 9.28. The molecular formula is C15H10Cl2N2. The van der Waals surface area contributed by atoms with Crippen LogP contribution >= 0.6 is 23.2 Å². The topological polar surface area (TPSA) is 36.7 Å². The molecule has 4 heteroatoms. The highest BCUT2D eigenvalue weighted by Crippen LogP contribution is 2.31. The number of nitriles is 1. The number of aryl methyl sites for hydroxylation is 1. The fourth-order valence-corrected chi connectivity index (χ4v) is 2.07. The molecule has 0 atom stereocenters. The molecular weight excluding hydrogens is 279 g/mol. The maximum Gasteiger partial charge on any atom is 0.101 e. The minimum atomic E-state index is 0.373. The molecule has 0 amide bonds. The first kappa shape index (κ1) is 13.6. The Morgan fingerprint density at radius 2 is 2.05 bits per heavy atom. The molecule has 19 heavy (non-hydrogen) atoms. The van der Waals surface area contributed by atoms with Crippen molar-refractivity contribution in [3.05, 3.63) is 64.4 Å². The largest absolute Gasteiger partial charge is 0.264 e. The summed E-state index contributed by atoms with van der Waals surface area (Å²) in [6.45, 7) is 1.91. The van der Waals surface area contributed by atoms with Gasteiger partial charge in [-0.25, -0.2) is 0 Å². The summed E-state index contributed by atoms with van der Waals surface area (Å²) in [7, 11) is 0. The summed E-state index contributed by atoms with van der Waals surface area (Å²) in [5, 5.41) is 10.3. The van der Waals surface area contributed by atoms with Crippen molar-refractivity contribution in [1.82, 2.24) is 4.98 Å². The van der Waals surface area contributed by atoms with E-state index in [-0.39, 0.29) is 0 Å². The predicted octanol–water partition coefficient (Wildman–Crippen LogP) is 4.67. The lowest BCUT2D eigenvalue weighted by molar-refractivity contribution is 1.31. The molecule has 0 N–H and O–H groups in total. The highest BCUT2D eigenvalue weighted by molar-refractivity contribution is 6.53. The summed E-state index contributed by atoms with van der Waals surface area (Å²) < 4.78 is 0. The van der Waals surface area contributed by atoms with Gasteiger partial charge in [0.25, 0.3) is 0 Å². The van der Waals surface area contributed by atoms with Crippen LogP contribution in [0, 0.1) is 18.3 Å². The second kappa shape index (κ2) is 5.88. The summed E-state index contributed by atoms with van der Waals surface area (Å²) in [5.41, 5.74) is 2.76. The van der Waals surface area contributed by atoms with Gasteiger partial charge in [-0.1, -0.05) is 41.4 Å². The van der Waals surface area contributed by atoms with Crippen LogP contribution in [-0.4, -0.2) is 4.98 Å². The third kappa shape index (κ3) is 2.96. The van der Waals surface area contributed by atoms with Crippen molar-refractivity contribution in [2.45, 2.75) is 6.92 Å². The second-order valence-electron chi connectivity index (χ2n) is 4.01. The summed E-state index contributed by atoms with van der Waals surface area (Å²) >= 11 is 12.4.